The van der Waals surface area contributed by atoms with Gasteiger partial charge < -0.3 is 0 Å². The molecule has 0 saturated heterocycles. The zero-order valence-corrected chi connectivity index (χ0v) is 16.4. The molecule has 130 valence electrons. The molecule has 0 amide bonds. The molecule has 2 aromatic carbocycles. The van der Waals surface area contributed by atoms with Gasteiger partial charge in [-0.3, -0.25) is 0 Å². The quantitative estimate of drug-likeness (QED) is 0.405. The van der Waals surface area contributed by atoms with Crippen LogP contribution in [0.4, 0.5) is 0 Å². The van der Waals surface area contributed by atoms with Gasteiger partial charge in [0.25, 0.3) is 0 Å². The second-order valence-electron chi connectivity index (χ2n) is 5.72. The number of aromatic nitrogens is 3. The van der Waals surface area contributed by atoms with Crippen molar-refractivity contribution in [3.63, 3.8) is 0 Å². The Hall–Kier alpha value is -2.12. The van der Waals surface area contributed by atoms with E-state index >= 15 is 0 Å². The number of nitrogens with zero attached hydrogens (tertiary/aromatic N) is 3. The summed E-state index contributed by atoms with van der Waals surface area (Å²) in [5.74, 6) is 7.33. The molecule has 0 aliphatic carbocycles. The first-order chi connectivity index (χ1) is 12.3. The number of halogens is 3. The zero-order valence-electron chi connectivity index (χ0n) is 14.1. The van der Waals surface area contributed by atoms with Gasteiger partial charge in [0.1, 0.15) is 5.82 Å². The predicted molar refractivity (Wildman–Crippen MR) is 106 cm³/mol. The van der Waals surface area contributed by atoms with Crippen molar-refractivity contribution in [1.29, 1.82) is 0 Å². The summed E-state index contributed by atoms with van der Waals surface area (Å²) >= 11 is 17.7. The third-order valence-corrected chi connectivity index (χ3v) is 4.05. The van der Waals surface area contributed by atoms with Gasteiger partial charge >= 0.3 is 0 Å². The monoisotopic (exact) mass is 401 g/mol. The third kappa shape index (κ3) is 4.74. The maximum Gasteiger partial charge on any atom is 0.250 e. The number of aryl methyl sites for hydroxylation is 2. The Morgan fingerprint density at radius 3 is 1.81 bits per heavy atom. The van der Waals surface area contributed by atoms with E-state index in [1.807, 2.05) is 55.5 Å². The molecule has 0 spiro atoms. The summed E-state index contributed by atoms with van der Waals surface area (Å²) in [5, 5.41) is 0. The molecule has 0 atom stereocenters. The standard InChI is InChI=1S/C20H14Cl3N3/c1-13-3-5-15(6-4-13)7-8-16-9-11-17(12-10-16)18-24-14(2)25-19(26-18)20(21,22)23/h3-6,9-12H,1-2H3. The highest BCUT2D eigenvalue weighted by Crippen LogP contribution is 2.36. The second kappa shape index (κ2) is 7.63. The van der Waals surface area contributed by atoms with E-state index in [1.165, 1.54) is 5.56 Å². The minimum absolute atomic E-state index is 0.105. The van der Waals surface area contributed by atoms with Crippen LogP contribution in [0.1, 0.15) is 28.3 Å². The molecule has 0 saturated carbocycles. The fourth-order valence-corrected chi connectivity index (χ4v) is 2.48. The lowest BCUT2D eigenvalue weighted by molar-refractivity contribution is 0.884. The molecule has 1 heterocycles. The smallest absolute Gasteiger partial charge is 0.214 e. The van der Waals surface area contributed by atoms with Crippen LogP contribution in [-0.4, -0.2) is 15.0 Å². The van der Waals surface area contributed by atoms with Gasteiger partial charge in [0.2, 0.25) is 3.79 Å². The molecule has 0 N–H and O–H groups in total. The van der Waals surface area contributed by atoms with Crippen LogP contribution in [0.5, 0.6) is 0 Å². The van der Waals surface area contributed by atoms with E-state index < -0.39 is 3.79 Å². The van der Waals surface area contributed by atoms with Crippen molar-refractivity contribution in [3.05, 3.63) is 76.9 Å². The molecule has 1 aromatic heterocycles. The Bertz CT molecular complexity index is 980. The number of hydrogen-bond donors (Lipinski definition) is 0. The highest BCUT2D eigenvalue weighted by Gasteiger charge is 2.27. The van der Waals surface area contributed by atoms with Crippen LogP contribution >= 0.6 is 34.8 Å². The molecule has 0 aliphatic rings. The number of rotatable bonds is 1. The van der Waals surface area contributed by atoms with E-state index in [1.54, 1.807) is 6.92 Å². The number of hydrogen-bond acceptors (Lipinski definition) is 3. The largest absolute Gasteiger partial charge is 0.250 e. The number of alkyl halides is 3. The van der Waals surface area contributed by atoms with E-state index in [9.17, 15) is 0 Å². The highest BCUT2D eigenvalue weighted by molar-refractivity contribution is 6.66. The van der Waals surface area contributed by atoms with Gasteiger partial charge in [-0.15, -0.1) is 0 Å². The molecule has 3 rings (SSSR count). The molecule has 26 heavy (non-hydrogen) atoms. The van der Waals surface area contributed by atoms with Crippen molar-refractivity contribution in [2.75, 3.05) is 0 Å². The molecule has 0 unspecified atom stereocenters. The zero-order chi connectivity index (χ0) is 18.7. The van der Waals surface area contributed by atoms with E-state index in [0.29, 0.717) is 11.6 Å². The second-order valence-corrected chi connectivity index (χ2v) is 8.00. The minimum Gasteiger partial charge on any atom is -0.214 e. The van der Waals surface area contributed by atoms with Crippen molar-refractivity contribution in [2.45, 2.75) is 17.6 Å². The van der Waals surface area contributed by atoms with Crippen molar-refractivity contribution in [1.82, 2.24) is 15.0 Å². The molecule has 3 nitrogen and oxygen atoms in total. The van der Waals surface area contributed by atoms with E-state index in [0.717, 1.165) is 16.7 Å². The summed E-state index contributed by atoms with van der Waals surface area (Å²) < 4.78 is -1.69. The summed E-state index contributed by atoms with van der Waals surface area (Å²) in [6.07, 6.45) is 0. The topological polar surface area (TPSA) is 38.7 Å². The van der Waals surface area contributed by atoms with Crippen molar-refractivity contribution in [2.24, 2.45) is 0 Å². The van der Waals surface area contributed by atoms with Gasteiger partial charge in [0.05, 0.1) is 0 Å². The maximum absolute atomic E-state index is 5.88. The minimum atomic E-state index is -1.69. The number of benzene rings is 2. The summed E-state index contributed by atoms with van der Waals surface area (Å²) in [6, 6.07) is 15.7. The van der Waals surface area contributed by atoms with Gasteiger partial charge in [0.15, 0.2) is 11.6 Å². The van der Waals surface area contributed by atoms with Crippen LogP contribution in [-0.2, 0) is 3.79 Å². The Morgan fingerprint density at radius 1 is 0.731 bits per heavy atom. The molecular formula is C20H14Cl3N3. The normalized spacial score (nSPS) is 11.0. The molecule has 0 bridgehead atoms. The van der Waals surface area contributed by atoms with Gasteiger partial charge in [-0.05, 0) is 50.2 Å². The van der Waals surface area contributed by atoms with E-state index in [4.69, 9.17) is 34.8 Å². The van der Waals surface area contributed by atoms with Gasteiger partial charge in [-0.1, -0.05) is 64.3 Å². The van der Waals surface area contributed by atoms with Crippen LogP contribution in [0.3, 0.4) is 0 Å². The van der Waals surface area contributed by atoms with Crippen LogP contribution in [0, 0.1) is 25.7 Å². The Morgan fingerprint density at radius 2 is 1.27 bits per heavy atom. The summed E-state index contributed by atoms with van der Waals surface area (Å²) in [6.45, 7) is 3.78. The first kappa shape index (κ1) is 18.7. The maximum atomic E-state index is 5.88. The van der Waals surface area contributed by atoms with Gasteiger partial charge in [0, 0.05) is 16.7 Å². The molecule has 6 heteroatoms. The Balaban J connectivity index is 1.87. The fourth-order valence-electron chi connectivity index (χ4n) is 2.22. The van der Waals surface area contributed by atoms with Crippen molar-refractivity contribution in [3.8, 4) is 23.2 Å². The fraction of sp³-hybridized carbons (Fsp3) is 0.150. The summed E-state index contributed by atoms with van der Waals surface area (Å²) in [7, 11) is 0. The molecule has 0 radical (unpaired) electrons. The predicted octanol–water partition coefficient (Wildman–Crippen LogP) is 5.38. The SMILES string of the molecule is Cc1ccc(C#Cc2ccc(-c3nc(C)nc(C(Cl)(Cl)Cl)n3)cc2)cc1. The highest BCUT2D eigenvalue weighted by atomic mass is 35.6. The van der Waals surface area contributed by atoms with Crippen LogP contribution in [0.15, 0.2) is 48.5 Å². The Labute approximate surface area is 167 Å². The third-order valence-electron chi connectivity index (χ3n) is 3.55. The average molecular weight is 403 g/mol. The van der Waals surface area contributed by atoms with Crippen molar-refractivity contribution >= 4 is 34.8 Å². The average Bonchev–Trinajstić information content (AvgIpc) is 2.60. The molecule has 0 fully saturated rings. The lowest BCUT2D eigenvalue weighted by atomic mass is 10.1. The van der Waals surface area contributed by atoms with Crippen LogP contribution in [0.25, 0.3) is 11.4 Å². The first-order valence-corrected chi connectivity index (χ1v) is 8.94. The summed E-state index contributed by atoms with van der Waals surface area (Å²) in [5.41, 5.74) is 3.87. The van der Waals surface area contributed by atoms with Crippen LogP contribution < -0.4 is 0 Å². The first-order valence-electron chi connectivity index (χ1n) is 7.80. The van der Waals surface area contributed by atoms with E-state index in [2.05, 4.69) is 26.8 Å². The molecule has 0 aliphatic heterocycles. The summed E-state index contributed by atoms with van der Waals surface area (Å²) in [4.78, 5) is 12.6. The van der Waals surface area contributed by atoms with Gasteiger partial charge in [-0.2, -0.15) is 0 Å². The Kier molecular flexibility index (Phi) is 5.48. The van der Waals surface area contributed by atoms with Gasteiger partial charge in [-0.25, -0.2) is 15.0 Å². The van der Waals surface area contributed by atoms with Crippen molar-refractivity contribution < 1.29 is 0 Å². The lowest BCUT2D eigenvalue weighted by Crippen LogP contribution is -2.11. The lowest BCUT2D eigenvalue weighted by Gasteiger charge is -2.11. The van der Waals surface area contributed by atoms with Crippen LogP contribution in [0.2, 0.25) is 0 Å². The molecule has 3 aromatic rings. The van der Waals surface area contributed by atoms with E-state index in [-0.39, 0.29) is 5.82 Å². The molecular weight excluding hydrogens is 389 g/mol.